The van der Waals surface area contributed by atoms with E-state index in [1.165, 1.54) is 29.5 Å². The summed E-state index contributed by atoms with van der Waals surface area (Å²) < 4.78 is 0. The van der Waals surface area contributed by atoms with Crippen molar-refractivity contribution in [2.24, 2.45) is 0 Å². The lowest BCUT2D eigenvalue weighted by Crippen LogP contribution is -2.35. The standard InChI is InChI=1S/C15H22N2O/c1-11-4-5-13(8-12(11)2)10-17(3)15(18)9-16-14-6-7-14/h4-5,8,14,16H,6-7,9-10H2,1-3H3. The highest BCUT2D eigenvalue weighted by Crippen LogP contribution is 2.18. The van der Waals surface area contributed by atoms with Gasteiger partial charge >= 0.3 is 0 Å². The first-order valence-electron chi connectivity index (χ1n) is 6.60. The number of carbonyl (C=O) groups is 1. The molecule has 1 fully saturated rings. The topological polar surface area (TPSA) is 32.3 Å². The van der Waals surface area contributed by atoms with Gasteiger partial charge in [0.15, 0.2) is 0 Å². The fourth-order valence-corrected chi connectivity index (χ4v) is 1.92. The van der Waals surface area contributed by atoms with Gasteiger partial charge in [-0.1, -0.05) is 18.2 Å². The van der Waals surface area contributed by atoms with Crippen molar-refractivity contribution in [1.29, 1.82) is 0 Å². The molecule has 2 rings (SSSR count). The summed E-state index contributed by atoms with van der Waals surface area (Å²) in [4.78, 5) is 13.7. The molecule has 3 nitrogen and oxygen atoms in total. The Kier molecular flexibility index (Phi) is 4.02. The molecule has 0 saturated heterocycles. The van der Waals surface area contributed by atoms with Gasteiger partial charge < -0.3 is 10.2 Å². The summed E-state index contributed by atoms with van der Waals surface area (Å²) in [7, 11) is 1.87. The van der Waals surface area contributed by atoms with E-state index in [0.29, 0.717) is 19.1 Å². The van der Waals surface area contributed by atoms with Crippen LogP contribution < -0.4 is 5.32 Å². The van der Waals surface area contributed by atoms with E-state index in [0.717, 1.165) is 0 Å². The van der Waals surface area contributed by atoms with Gasteiger partial charge in [-0.2, -0.15) is 0 Å². The van der Waals surface area contributed by atoms with Gasteiger partial charge in [-0.05, 0) is 43.4 Å². The van der Waals surface area contributed by atoms with Crippen LogP contribution in [0, 0.1) is 13.8 Å². The van der Waals surface area contributed by atoms with E-state index in [-0.39, 0.29) is 5.91 Å². The van der Waals surface area contributed by atoms with Crippen molar-refractivity contribution in [3.8, 4) is 0 Å². The Morgan fingerprint density at radius 1 is 1.33 bits per heavy atom. The van der Waals surface area contributed by atoms with E-state index in [1.54, 1.807) is 4.90 Å². The second-order valence-corrected chi connectivity index (χ2v) is 5.32. The summed E-state index contributed by atoms with van der Waals surface area (Å²) >= 11 is 0. The number of aryl methyl sites for hydroxylation is 2. The van der Waals surface area contributed by atoms with Crippen molar-refractivity contribution in [3.63, 3.8) is 0 Å². The summed E-state index contributed by atoms with van der Waals surface area (Å²) in [5.74, 6) is 0.167. The van der Waals surface area contributed by atoms with Crippen LogP contribution in [0.4, 0.5) is 0 Å². The van der Waals surface area contributed by atoms with Crippen LogP contribution in [0.25, 0.3) is 0 Å². The van der Waals surface area contributed by atoms with E-state index < -0.39 is 0 Å². The highest BCUT2D eigenvalue weighted by molar-refractivity contribution is 5.78. The number of benzene rings is 1. The van der Waals surface area contributed by atoms with Crippen LogP contribution in [0.15, 0.2) is 18.2 Å². The molecule has 0 spiro atoms. The highest BCUT2D eigenvalue weighted by Gasteiger charge is 2.21. The molecule has 0 radical (unpaired) electrons. The first-order valence-corrected chi connectivity index (χ1v) is 6.60. The molecule has 1 N–H and O–H groups in total. The molecule has 18 heavy (non-hydrogen) atoms. The molecule has 1 aliphatic rings. The third-order valence-electron chi connectivity index (χ3n) is 3.54. The second kappa shape index (κ2) is 5.53. The number of hydrogen-bond donors (Lipinski definition) is 1. The molecule has 98 valence electrons. The number of likely N-dealkylation sites (N-methyl/N-ethyl adjacent to an activating group) is 1. The Morgan fingerprint density at radius 3 is 2.67 bits per heavy atom. The average molecular weight is 246 g/mol. The molecule has 0 atom stereocenters. The molecule has 1 saturated carbocycles. The third kappa shape index (κ3) is 3.57. The number of nitrogens with one attached hydrogen (secondary N) is 1. The van der Waals surface area contributed by atoms with Crippen LogP contribution in [0.1, 0.15) is 29.5 Å². The minimum atomic E-state index is 0.167. The van der Waals surface area contributed by atoms with Crippen molar-refractivity contribution >= 4 is 5.91 Å². The zero-order chi connectivity index (χ0) is 13.1. The van der Waals surface area contributed by atoms with Crippen molar-refractivity contribution in [1.82, 2.24) is 10.2 Å². The van der Waals surface area contributed by atoms with Crippen LogP contribution >= 0.6 is 0 Å². The summed E-state index contributed by atoms with van der Waals surface area (Å²) in [5, 5.41) is 3.25. The van der Waals surface area contributed by atoms with Gasteiger partial charge in [-0.3, -0.25) is 4.79 Å². The lowest BCUT2D eigenvalue weighted by Gasteiger charge is -2.18. The van der Waals surface area contributed by atoms with Gasteiger partial charge in [0.05, 0.1) is 6.54 Å². The molecule has 0 aliphatic heterocycles. The molecule has 0 heterocycles. The Labute approximate surface area is 109 Å². The normalized spacial score (nSPS) is 14.6. The Hall–Kier alpha value is -1.35. The largest absolute Gasteiger partial charge is 0.340 e. The van der Waals surface area contributed by atoms with Crippen molar-refractivity contribution < 1.29 is 4.79 Å². The zero-order valence-electron chi connectivity index (χ0n) is 11.5. The lowest BCUT2D eigenvalue weighted by molar-refractivity contribution is -0.129. The van der Waals surface area contributed by atoms with Crippen molar-refractivity contribution in [2.45, 2.75) is 39.3 Å². The molecule has 0 bridgehead atoms. The molecule has 0 aromatic heterocycles. The molecule has 1 aliphatic carbocycles. The van der Waals surface area contributed by atoms with Crippen molar-refractivity contribution in [2.75, 3.05) is 13.6 Å². The van der Waals surface area contributed by atoms with E-state index in [4.69, 9.17) is 0 Å². The minimum Gasteiger partial charge on any atom is -0.340 e. The fourth-order valence-electron chi connectivity index (χ4n) is 1.92. The number of amides is 1. The molecule has 1 amide bonds. The van der Waals surface area contributed by atoms with Gasteiger partial charge in [0.25, 0.3) is 0 Å². The molecule has 1 aromatic rings. The summed E-state index contributed by atoms with van der Waals surface area (Å²) in [6, 6.07) is 6.96. The Morgan fingerprint density at radius 2 is 2.06 bits per heavy atom. The molecular formula is C15H22N2O. The number of carbonyl (C=O) groups excluding carboxylic acids is 1. The van der Waals surface area contributed by atoms with Crippen LogP contribution in [-0.2, 0) is 11.3 Å². The number of rotatable bonds is 5. The van der Waals surface area contributed by atoms with E-state index >= 15 is 0 Å². The molecule has 0 unspecified atom stereocenters. The first-order chi connectivity index (χ1) is 8.56. The van der Waals surface area contributed by atoms with Gasteiger partial charge in [0.2, 0.25) is 5.91 Å². The smallest absolute Gasteiger partial charge is 0.236 e. The Bertz CT molecular complexity index is 438. The van der Waals surface area contributed by atoms with Gasteiger partial charge in [0.1, 0.15) is 0 Å². The highest BCUT2D eigenvalue weighted by atomic mass is 16.2. The van der Waals surface area contributed by atoms with Gasteiger partial charge in [0, 0.05) is 19.6 Å². The zero-order valence-corrected chi connectivity index (χ0v) is 11.5. The quantitative estimate of drug-likeness (QED) is 0.862. The third-order valence-corrected chi connectivity index (χ3v) is 3.54. The second-order valence-electron chi connectivity index (χ2n) is 5.32. The predicted octanol–water partition coefficient (Wildman–Crippen LogP) is 2.01. The number of nitrogens with zero attached hydrogens (tertiary/aromatic N) is 1. The van der Waals surface area contributed by atoms with Crippen molar-refractivity contribution in [3.05, 3.63) is 34.9 Å². The maximum Gasteiger partial charge on any atom is 0.236 e. The maximum atomic E-state index is 11.9. The molecular weight excluding hydrogens is 224 g/mol. The minimum absolute atomic E-state index is 0.167. The first kappa shape index (κ1) is 13.1. The average Bonchev–Trinajstić information content (AvgIpc) is 3.14. The van der Waals surface area contributed by atoms with Crippen LogP contribution in [0.2, 0.25) is 0 Å². The van der Waals surface area contributed by atoms with Crippen LogP contribution in [-0.4, -0.2) is 30.4 Å². The van der Waals surface area contributed by atoms with Gasteiger partial charge in [-0.15, -0.1) is 0 Å². The fraction of sp³-hybridized carbons (Fsp3) is 0.533. The van der Waals surface area contributed by atoms with Gasteiger partial charge in [-0.25, -0.2) is 0 Å². The summed E-state index contributed by atoms with van der Waals surface area (Å²) in [5.41, 5.74) is 3.77. The lowest BCUT2D eigenvalue weighted by atomic mass is 10.1. The predicted molar refractivity (Wildman–Crippen MR) is 73.4 cm³/mol. The van der Waals surface area contributed by atoms with E-state index in [9.17, 15) is 4.79 Å². The summed E-state index contributed by atoms with van der Waals surface area (Å²) in [6.07, 6.45) is 2.43. The van der Waals surface area contributed by atoms with E-state index in [2.05, 4.69) is 37.4 Å². The van der Waals surface area contributed by atoms with Crippen LogP contribution in [0.3, 0.4) is 0 Å². The SMILES string of the molecule is Cc1ccc(CN(C)C(=O)CNC2CC2)cc1C. The Balaban J connectivity index is 1.86. The summed E-state index contributed by atoms with van der Waals surface area (Å²) in [6.45, 7) is 5.36. The number of hydrogen-bond acceptors (Lipinski definition) is 2. The maximum absolute atomic E-state index is 11.9. The monoisotopic (exact) mass is 246 g/mol. The van der Waals surface area contributed by atoms with E-state index in [1.807, 2.05) is 7.05 Å². The van der Waals surface area contributed by atoms with Crippen LogP contribution in [0.5, 0.6) is 0 Å². The molecule has 1 aromatic carbocycles. The molecule has 3 heteroatoms.